The number of sulfonamides is 1. The first-order valence-corrected chi connectivity index (χ1v) is 10.7. The molecular formula is C18H15BrClN3O3S. The van der Waals surface area contributed by atoms with Crippen molar-refractivity contribution in [2.45, 2.75) is 17.7 Å². The second-order valence-electron chi connectivity index (χ2n) is 6.01. The average molecular weight is 469 g/mol. The monoisotopic (exact) mass is 467 g/mol. The van der Waals surface area contributed by atoms with Crippen molar-refractivity contribution in [3.63, 3.8) is 0 Å². The number of nitrogens with zero attached hydrogens (tertiary/aromatic N) is 2. The first-order chi connectivity index (χ1) is 12.8. The molecule has 0 saturated carbocycles. The van der Waals surface area contributed by atoms with Gasteiger partial charge in [0.25, 0.3) is 5.91 Å². The number of halogens is 2. The van der Waals surface area contributed by atoms with Crippen molar-refractivity contribution >= 4 is 49.1 Å². The Kier molecular flexibility index (Phi) is 5.86. The zero-order valence-corrected chi connectivity index (χ0v) is 17.2. The summed E-state index contributed by atoms with van der Waals surface area (Å²) in [6, 6.07) is 10.9. The fourth-order valence-corrected chi connectivity index (χ4v) is 4.93. The standard InChI is InChI=1S/C18H15BrClN3O3S/c19-16-5-4-14(27(25,26)23-7-1-2-8-23)10-15(16)18(24)22-13-3-6-17(20)12(9-13)11-21/h3-6,9-10H,1-2,7-8H2,(H,22,24). The maximum atomic E-state index is 12.7. The fourth-order valence-electron chi connectivity index (χ4n) is 2.80. The molecular weight excluding hydrogens is 454 g/mol. The van der Waals surface area contributed by atoms with Crippen LogP contribution in [0.15, 0.2) is 45.8 Å². The summed E-state index contributed by atoms with van der Waals surface area (Å²) in [6.45, 7) is 0.975. The van der Waals surface area contributed by atoms with Gasteiger partial charge in [0.2, 0.25) is 10.0 Å². The van der Waals surface area contributed by atoms with Crippen molar-refractivity contribution in [3.05, 3.63) is 57.0 Å². The highest BCUT2D eigenvalue weighted by molar-refractivity contribution is 9.10. The quantitative estimate of drug-likeness (QED) is 0.734. The zero-order chi connectivity index (χ0) is 19.6. The largest absolute Gasteiger partial charge is 0.322 e. The summed E-state index contributed by atoms with van der Waals surface area (Å²) in [5.41, 5.74) is 0.809. The summed E-state index contributed by atoms with van der Waals surface area (Å²) >= 11 is 9.19. The number of amides is 1. The molecule has 1 saturated heterocycles. The third kappa shape index (κ3) is 4.17. The number of nitrogens with one attached hydrogen (secondary N) is 1. The van der Waals surface area contributed by atoms with Crippen LogP contribution in [0, 0.1) is 11.3 Å². The average Bonchev–Trinajstić information content (AvgIpc) is 3.19. The van der Waals surface area contributed by atoms with Gasteiger partial charge in [0.1, 0.15) is 6.07 Å². The second kappa shape index (κ2) is 7.98. The Balaban J connectivity index is 1.90. The van der Waals surface area contributed by atoms with Crippen LogP contribution in [0.5, 0.6) is 0 Å². The minimum absolute atomic E-state index is 0.0755. The molecule has 1 aliphatic rings. The van der Waals surface area contributed by atoms with Crippen LogP contribution in [-0.2, 0) is 10.0 Å². The molecule has 0 bridgehead atoms. The molecule has 1 fully saturated rings. The number of anilines is 1. The number of rotatable bonds is 4. The van der Waals surface area contributed by atoms with Gasteiger partial charge < -0.3 is 5.32 Å². The molecule has 27 heavy (non-hydrogen) atoms. The molecule has 1 amide bonds. The maximum absolute atomic E-state index is 12.7. The fraction of sp³-hybridized carbons (Fsp3) is 0.222. The van der Waals surface area contributed by atoms with Crippen molar-refractivity contribution in [1.82, 2.24) is 4.31 Å². The van der Waals surface area contributed by atoms with E-state index in [1.165, 1.54) is 28.6 Å². The van der Waals surface area contributed by atoms with Crippen LogP contribution >= 0.6 is 27.5 Å². The van der Waals surface area contributed by atoms with Crippen LogP contribution in [0.2, 0.25) is 5.02 Å². The highest BCUT2D eigenvalue weighted by Crippen LogP contribution is 2.27. The predicted molar refractivity (Wildman–Crippen MR) is 106 cm³/mol. The van der Waals surface area contributed by atoms with E-state index in [9.17, 15) is 13.2 Å². The van der Waals surface area contributed by atoms with E-state index in [0.717, 1.165) is 12.8 Å². The van der Waals surface area contributed by atoms with Gasteiger partial charge in [-0.25, -0.2) is 8.42 Å². The Morgan fingerprint density at radius 1 is 1.19 bits per heavy atom. The number of hydrogen-bond donors (Lipinski definition) is 1. The highest BCUT2D eigenvalue weighted by Gasteiger charge is 2.28. The third-order valence-electron chi connectivity index (χ3n) is 4.23. The Morgan fingerprint density at radius 3 is 2.56 bits per heavy atom. The van der Waals surface area contributed by atoms with Crippen LogP contribution in [0.4, 0.5) is 5.69 Å². The lowest BCUT2D eigenvalue weighted by Crippen LogP contribution is -2.28. The summed E-state index contributed by atoms with van der Waals surface area (Å²) in [7, 11) is -3.63. The van der Waals surface area contributed by atoms with Gasteiger partial charge >= 0.3 is 0 Å². The molecule has 0 aliphatic carbocycles. The molecule has 0 aromatic heterocycles. The molecule has 2 aromatic carbocycles. The van der Waals surface area contributed by atoms with Crippen LogP contribution in [0.25, 0.3) is 0 Å². The SMILES string of the molecule is N#Cc1cc(NC(=O)c2cc(S(=O)(=O)N3CCCC3)ccc2Br)ccc1Cl. The topological polar surface area (TPSA) is 90.3 Å². The van der Waals surface area contributed by atoms with Gasteiger partial charge in [-0.1, -0.05) is 11.6 Å². The van der Waals surface area contributed by atoms with Gasteiger partial charge in [-0.05, 0) is 65.2 Å². The summed E-state index contributed by atoms with van der Waals surface area (Å²) in [5.74, 6) is -0.494. The maximum Gasteiger partial charge on any atom is 0.256 e. The summed E-state index contributed by atoms with van der Waals surface area (Å²) in [6.07, 6.45) is 1.67. The normalized spacial score (nSPS) is 14.7. The molecule has 6 nitrogen and oxygen atoms in total. The van der Waals surface area contributed by atoms with Crippen LogP contribution < -0.4 is 5.32 Å². The lowest BCUT2D eigenvalue weighted by atomic mass is 10.2. The van der Waals surface area contributed by atoms with Crippen molar-refractivity contribution in [3.8, 4) is 6.07 Å². The van der Waals surface area contributed by atoms with Crippen LogP contribution in [0.3, 0.4) is 0 Å². The zero-order valence-electron chi connectivity index (χ0n) is 14.1. The number of carbonyl (C=O) groups excluding carboxylic acids is 1. The van der Waals surface area contributed by atoms with E-state index in [0.29, 0.717) is 23.2 Å². The Labute approximate surface area is 170 Å². The molecule has 0 radical (unpaired) electrons. The smallest absolute Gasteiger partial charge is 0.256 e. The minimum atomic E-state index is -3.63. The molecule has 1 N–H and O–H groups in total. The van der Waals surface area contributed by atoms with Crippen LogP contribution in [0.1, 0.15) is 28.8 Å². The number of nitriles is 1. The van der Waals surface area contributed by atoms with E-state index >= 15 is 0 Å². The molecule has 0 atom stereocenters. The van der Waals surface area contributed by atoms with Crippen molar-refractivity contribution in [1.29, 1.82) is 5.26 Å². The van der Waals surface area contributed by atoms with Gasteiger partial charge in [-0.2, -0.15) is 9.57 Å². The summed E-state index contributed by atoms with van der Waals surface area (Å²) in [5, 5.41) is 12.0. The molecule has 0 unspecified atom stereocenters. The lowest BCUT2D eigenvalue weighted by molar-refractivity contribution is 0.102. The van der Waals surface area contributed by atoms with E-state index in [1.807, 2.05) is 6.07 Å². The number of hydrogen-bond acceptors (Lipinski definition) is 4. The van der Waals surface area contributed by atoms with E-state index < -0.39 is 15.9 Å². The third-order valence-corrected chi connectivity index (χ3v) is 7.15. The number of benzene rings is 2. The molecule has 0 spiro atoms. The Morgan fingerprint density at radius 2 is 1.89 bits per heavy atom. The molecule has 140 valence electrons. The summed E-state index contributed by atoms with van der Waals surface area (Å²) < 4.78 is 27.4. The number of carbonyl (C=O) groups is 1. The van der Waals surface area contributed by atoms with E-state index in [2.05, 4.69) is 21.2 Å². The molecule has 2 aromatic rings. The highest BCUT2D eigenvalue weighted by atomic mass is 79.9. The molecule has 1 aliphatic heterocycles. The van der Waals surface area contributed by atoms with Crippen molar-refractivity contribution in [2.75, 3.05) is 18.4 Å². The van der Waals surface area contributed by atoms with Gasteiger partial charge in [0.05, 0.1) is 21.0 Å². The minimum Gasteiger partial charge on any atom is -0.322 e. The predicted octanol–water partition coefficient (Wildman–Crippen LogP) is 4.01. The van der Waals surface area contributed by atoms with E-state index in [4.69, 9.17) is 16.9 Å². The first-order valence-electron chi connectivity index (χ1n) is 8.13. The molecule has 1 heterocycles. The van der Waals surface area contributed by atoms with Crippen molar-refractivity contribution in [2.24, 2.45) is 0 Å². The first kappa shape index (κ1) is 19.8. The van der Waals surface area contributed by atoms with Gasteiger partial charge in [0, 0.05) is 23.2 Å². The van der Waals surface area contributed by atoms with E-state index in [1.54, 1.807) is 12.1 Å². The van der Waals surface area contributed by atoms with Gasteiger partial charge in [0.15, 0.2) is 0 Å². The lowest BCUT2D eigenvalue weighted by Gasteiger charge is -2.16. The van der Waals surface area contributed by atoms with Crippen molar-refractivity contribution < 1.29 is 13.2 Å². The molecule has 3 rings (SSSR count). The van der Waals surface area contributed by atoms with Crippen LogP contribution in [-0.4, -0.2) is 31.7 Å². The second-order valence-corrected chi connectivity index (χ2v) is 9.21. The summed E-state index contributed by atoms with van der Waals surface area (Å²) in [4.78, 5) is 12.7. The molecule has 9 heteroatoms. The van der Waals surface area contributed by atoms with Gasteiger partial charge in [-0.3, -0.25) is 4.79 Å². The van der Waals surface area contributed by atoms with Gasteiger partial charge in [-0.15, -0.1) is 0 Å². The van der Waals surface area contributed by atoms with E-state index in [-0.39, 0.29) is 21.0 Å². The Hall–Kier alpha value is -1.92. The Bertz CT molecular complexity index is 1040.